The van der Waals surface area contributed by atoms with E-state index >= 15 is 0 Å². The zero-order chi connectivity index (χ0) is 12.3. The fourth-order valence-electron chi connectivity index (χ4n) is 1.43. The molecule has 0 aliphatic rings. The molecule has 0 radical (unpaired) electrons. The maximum Gasteiger partial charge on any atom is 0.234 e. The van der Waals surface area contributed by atoms with Crippen molar-refractivity contribution in [2.75, 3.05) is 0 Å². The summed E-state index contributed by atoms with van der Waals surface area (Å²) < 4.78 is 17.6. The number of Topliss-reactive ketones (excluding diaryl/α,β-unsaturated/α-hetero) is 1. The van der Waals surface area contributed by atoms with Crippen LogP contribution in [0.25, 0.3) is 0 Å². The molecule has 0 bridgehead atoms. The molecule has 2 rings (SSSR count). The molecule has 0 N–H and O–H groups in total. The van der Waals surface area contributed by atoms with Gasteiger partial charge in [-0.1, -0.05) is 17.3 Å². The SMILES string of the molecule is CC(=O)Cc1nc(Cc2ccc(F)cc2)no1. The van der Waals surface area contributed by atoms with E-state index in [1.54, 1.807) is 12.1 Å². The van der Waals surface area contributed by atoms with Crippen molar-refractivity contribution >= 4 is 5.78 Å². The van der Waals surface area contributed by atoms with Crippen LogP contribution in [0.1, 0.15) is 24.2 Å². The van der Waals surface area contributed by atoms with Crippen LogP contribution in [0.5, 0.6) is 0 Å². The highest BCUT2D eigenvalue weighted by Crippen LogP contribution is 2.08. The van der Waals surface area contributed by atoms with Gasteiger partial charge in [-0.05, 0) is 24.6 Å². The minimum Gasteiger partial charge on any atom is -0.339 e. The summed E-state index contributed by atoms with van der Waals surface area (Å²) in [5, 5.41) is 3.75. The summed E-state index contributed by atoms with van der Waals surface area (Å²) in [4.78, 5) is 14.9. The lowest BCUT2D eigenvalue weighted by atomic mass is 10.1. The first kappa shape index (κ1) is 11.4. The Morgan fingerprint density at radius 1 is 1.35 bits per heavy atom. The summed E-state index contributed by atoms with van der Waals surface area (Å²) in [6, 6.07) is 6.09. The number of hydrogen-bond acceptors (Lipinski definition) is 4. The molecule has 0 fully saturated rings. The summed E-state index contributed by atoms with van der Waals surface area (Å²) >= 11 is 0. The molecule has 2 aromatic rings. The number of carbonyl (C=O) groups excluding carboxylic acids is 1. The zero-order valence-electron chi connectivity index (χ0n) is 9.31. The number of carbonyl (C=O) groups is 1. The Labute approximate surface area is 97.5 Å². The molecule has 0 amide bonds. The topological polar surface area (TPSA) is 56.0 Å². The van der Waals surface area contributed by atoms with Gasteiger partial charge >= 0.3 is 0 Å². The first-order chi connectivity index (χ1) is 8.13. The van der Waals surface area contributed by atoms with Crippen LogP contribution in [-0.4, -0.2) is 15.9 Å². The van der Waals surface area contributed by atoms with Crippen molar-refractivity contribution in [3.8, 4) is 0 Å². The molecule has 0 aliphatic heterocycles. The van der Waals surface area contributed by atoms with Gasteiger partial charge in [0, 0.05) is 6.42 Å². The molecule has 1 aromatic heterocycles. The quantitative estimate of drug-likeness (QED) is 0.811. The molecule has 0 aliphatic carbocycles. The minimum atomic E-state index is -0.279. The Kier molecular flexibility index (Phi) is 3.27. The summed E-state index contributed by atoms with van der Waals surface area (Å²) in [5.41, 5.74) is 0.890. The third-order valence-electron chi connectivity index (χ3n) is 2.19. The fourth-order valence-corrected chi connectivity index (χ4v) is 1.43. The average molecular weight is 234 g/mol. The monoisotopic (exact) mass is 234 g/mol. The number of aromatic nitrogens is 2. The number of hydrogen-bond donors (Lipinski definition) is 0. The molecule has 88 valence electrons. The fraction of sp³-hybridized carbons (Fsp3) is 0.250. The van der Waals surface area contributed by atoms with Gasteiger partial charge in [-0.15, -0.1) is 0 Å². The predicted molar refractivity (Wildman–Crippen MR) is 57.9 cm³/mol. The summed E-state index contributed by atoms with van der Waals surface area (Å²) in [5.74, 6) is 0.503. The van der Waals surface area contributed by atoms with Crippen LogP contribution in [-0.2, 0) is 17.6 Å². The van der Waals surface area contributed by atoms with Crippen LogP contribution in [0.15, 0.2) is 28.8 Å². The Balaban J connectivity index is 2.06. The van der Waals surface area contributed by atoms with Crippen LogP contribution in [0.4, 0.5) is 4.39 Å². The summed E-state index contributed by atoms with van der Waals surface area (Å²) in [7, 11) is 0. The standard InChI is InChI=1S/C12H11FN2O2/c1-8(16)6-12-14-11(15-17-12)7-9-2-4-10(13)5-3-9/h2-5H,6-7H2,1H3. The highest BCUT2D eigenvalue weighted by molar-refractivity contribution is 5.77. The van der Waals surface area contributed by atoms with Crippen LogP contribution in [0.2, 0.25) is 0 Å². The second kappa shape index (κ2) is 4.86. The molecule has 0 saturated carbocycles. The number of nitrogens with zero attached hydrogens (tertiary/aromatic N) is 2. The third kappa shape index (κ3) is 3.21. The van der Waals surface area contributed by atoms with E-state index in [9.17, 15) is 9.18 Å². The third-order valence-corrected chi connectivity index (χ3v) is 2.19. The second-order valence-electron chi connectivity index (χ2n) is 3.79. The van der Waals surface area contributed by atoms with Crippen LogP contribution in [0, 0.1) is 5.82 Å². The normalized spacial score (nSPS) is 10.5. The van der Waals surface area contributed by atoms with Crippen molar-refractivity contribution in [3.63, 3.8) is 0 Å². The number of rotatable bonds is 4. The van der Waals surface area contributed by atoms with Crippen LogP contribution >= 0.6 is 0 Å². The highest BCUT2D eigenvalue weighted by Gasteiger charge is 2.08. The van der Waals surface area contributed by atoms with Gasteiger partial charge in [-0.2, -0.15) is 4.98 Å². The molecule has 0 unspecified atom stereocenters. The summed E-state index contributed by atoms with van der Waals surface area (Å²) in [6.07, 6.45) is 0.609. The number of benzene rings is 1. The van der Waals surface area contributed by atoms with Crippen molar-refractivity contribution in [1.82, 2.24) is 10.1 Å². The van der Waals surface area contributed by atoms with E-state index < -0.39 is 0 Å². The second-order valence-corrected chi connectivity index (χ2v) is 3.79. The van der Waals surface area contributed by atoms with E-state index in [-0.39, 0.29) is 18.0 Å². The van der Waals surface area contributed by atoms with Gasteiger partial charge in [0.2, 0.25) is 5.89 Å². The van der Waals surface area contributed by atoms with Gasteiger partial charge in [0.1, 0.15) is 11.6 Å². The Morgan fingerprint density at radius 2 is 2.06 bits per heavy atom. The Morgan fingerprint density at radius 3 is 2.71 bits per heavy atom. The molecular weight excluding hydrogens is 223 g/mol. The number of halogens is 1. The van der Waals surface area contributed by atoms with Crippen molar-refractivity contribution < 1.29 is 13.7 Å². The van der Waals surface area contributed by atoms with E-state index in [4.69, 9.17) is 4.52 Å². The maximum atomic E-state index is 12.7. The highest BCUT2D eigenvalue weighted by atomic mass is 19.1. The Hall–Kier alpha value is -2.04. The lowest BCUT2D eigenvalue weighted by Crippen LogP contribution is -1.97. The molecule has 0 saturated heterocycles. The lowest BCUT2D eigenvalue weighted by molar-refractivity contribution is -0.116. The largest absolute Gasteiger partial charge is 0.339 e. The van der Waals surface area contributed by atoms with Gasteiger partial charge in [0.25, 0.3) is 0 Å². The molecule has 5 heteroatoms. The van der Waals surface area contributed by atoms with Gasteiger partial charge in [-0.25, -0.2) is 4.39 Å². The number of ketones is 1. The molecular formula is C12H11FN2O2. The lowest BCUT2D eigenvalue weighted by Gasteiger charge is -1.95. The van der Waals surface area contributed by atoms with Crippen molar-refractivity contribution in [3.05, 3.63) is 47.4 Å². The predicted octanol–water partition coefficient (Wildman–Crippen LogP) is 1.93. The maximum absolute atomic E-state index is 12.7. The van der Waals surface area contributed by atoms with Gasteiger partial charge in [0.15, 0.2) is 5.82 Å². The van der Waals surface area contributed by atoms with E-state index in [0.717, 1.165) is 5.56 Å². The van der Waals surface area contributed by atoms with Crippen LogP contribution < -0.4 is 0 Å². The smallest absolute Gasteiger partial charge is 0.234 e. The average Bonchev–Trinajstić information content (AvgIpc) is 2.68. The van der Waals surface area contributed by atoms with Crippen molar-refractivity contribution in [1.29, 1.82) is 0 Å². The van der Waals surface area contributed by atoms with E-state index in [2.05, 4.69) is 10.1 Å². The summed E-state index contributed by atoms with van der Waals surface area (Å²) in [6.45, 7) is 1.46. The van der Waals surface area contributed by atoms with E-state index in [0.29, 0.717) is 18.1 Å². The molecule has 1 heterocycles. The first-order valence-corrected chi connectivity index (χ1v) is 5.19. The zero-order valence-corrected chi connectivity index (χ0v) is 9.31. The van der Waals surface area contributed by atoms with Gasteiger partial charge in [-0.3, -0.25) is 4.79 Å². The molecule has 0 atom stereocenters. The van der Waals surface area contributed by atoms with E-state index in [1.807, 2.05) is 0 Å². The molecule has 1 aromatic carbocycles. The van der Waals surface area contributed by atoms with Gasteiger partial charge < -0.3 is 4.52 Å². The minimum absolute atomic E-state index is 0.0259. The van der Waals surface area contributed by atoms with Crippen molar-refractivity contribution in [2.45, 2.75) is 19.8 Å². The van der Waals surface area contributed by atoms with Crippen molar-refractivity contribution in [2.24, 2.45) is 0 Å². The molecule has 17 heavy (non-hydrogen) atoms. The molecule has 4 nitrogen and oxygen atoms in total. The Bertz CT molecular complexity index is 520. The molecule has 0 spiro atoms. The van der Waals surface area contributed by atoms with Crippen LogP contribution in [0.3, 0.4) is 0 Å². The van der Waals surface area contributed by atoms with Gasteiger partial charge in [0.05, 0.1) is 6.42 Å². The first-order valence-electron chi connectivity index (χ1n) is 5.19. The van der Waals surface area contributed by atoms with E-state index in [1.165, 1.54) is 19.1 Å².